The zero-order chi connectivity index (χ0) is 42.4. The first kappa shape index (κ1) is 42.3. The molecule has 8 rings (SSSR count). The first-order valence-electron chi connectivity index (χ1n) is 20.9. The van der Waals surface area contributed by atoms with Gasteiger partial charge in [0.1, 0.15) is 35.8 Å². The van der Waals surface area contributed by atoms with Crippen molar-refractivity contribution in [1.29, 1.82) is 0 Å². The normalized spacial score (nSPS) is 18.8. The number of methoxy groups -OCH3 is 1. The van der Waals surface area contributed by atoms with Crippen molar-refractivity contribution in [2.45, 2.75) is 56.1 Å². The lowest BCUT2D eigenvalue weighted by molar-refractivity contribution is -0.312. The van der Waals surface area contributed by atoms with Crippen LogP contribution in [0, 0.1) is 0 Å². The lowest BCUT2D eigenvalue weighted by Crippen LogP contribution is -2.63. The van der Waals surface area contributed by atoms with E-state index in [1.807, 2.05) is 146 Å². The molecule has 8 heteroatoms. The highest BCUT2D eigenvalue weighted by atomic mass is 16.7. The van der Waals surface area contributed by atoms with Gasteiger partial charge in [-0.1, -0.05) is 182 Å². The summed E-state index contributed by atoms with van der Waals surface area (Å²) < 4.78 is 47.1. The van der Waals surface area contributed by atoms with Gasteiger partial charge in [0.05, 0.1) is 39.1 Å². The van der Waals surface area contributed by atoms with Crippen LogP contribution in [0.15, 0.2) is 206 Å². The lowest BCUT2D eigenvalue weighted by Gasteiger charge is -2.47. The molecule has 0 bridgehead atoms. The number of rotatable bonds is 18. The maximum absolute atomic E-state index is 12.4. The average Bonchev–Trinajstić information content (AvgIpc) is 3.34. The molecule has 8 nitrogen and oxygen atoms in total. The minimum Gasteiger partial charge on any atom is -0.465 e. The number of hydrogen-bond donors (Lipinski definition) is 0. The molecular weight excluding hydrogens is 777 g/mol. The second kappa shape index (κ2) is 20.9. The fraction of sp³-hybridized carbons (Fsp3) is 0.204. The molecule has 314 valence electrons. The monoisotopic (exact) mass is 826 g/mol. The van der Waals surface area contributed by atoms with Gasteiger partial charge in [0.2, 0.25) is 6.29 Å². The Labute approximate surface area is 363 Å². The predicted octanol–water partition coefficient (Wildman–Crippen LogP) is 10.3. The van der Waals surface area contributed by atoms with Gasteiger partial charge >= 0.3 is 5.97 Å². The van der Waals surface area contributed by atoms with E-state index >= 15 is 0 Å². The molecule has 0 radical (unpaired) electrons. The van der Waals surface area contributed by atoms with Crippen LogP contribution in [0.1, 0.15) is 43.7 Å². The molecule has 0 aromatic heterocycles. The summed E-state index contributed by atoms with van der Waals surface area (Å²) in [6, 6.07) is 67.5. The van der Waals surface area contributed by atoms with Gasteiger partial charge in [0.25, 0.3) is 0 Å². The fourth-order valence-corrected chi connectivity index (χ4v) is 7.87. The largest absolute Gasteiger partial charge is 0.465 e. The molecule has 1 saturated heterocycles. The Morgan fingerprint density at radius 3 is 1.29 bits per heavy atom. The molecule has 5 atom stereocenters. The fourth-order valence-electron chi connectivity index (χ4n) is 7.87. The van der Waals surface area contributed by atoms with Crippen molar-refractivity contribution in [3.05, 3.63) is 245 Å². The van der Waals surface area contributed by atoms with Gasteiger partial charge in [-0.3, -0.25) is 0 Å². The van der Waals surface area contributed by atoms with Crippen LogP contribution in [0.5, 0.6) is 5.75 Å². The Morgan fingerprint density at radius 1 is 0.484 bits per heavy atom. The van der Waals surface area contributed by atoms with E-state index in [1.54, 1.807) is 24.3 Å². The van der Waals surface area contributed by atoms with E-state index in [1.165, 1.54) is 7.11 Å². The smallest absolute Gasteiger partial charge is 0.337 e. The van der Waals surface area contributed by atoms with Gasteiger partial charge in [-0.05, 0) is 57.6 Å². The second-order valence-electron chi connectivity index (χ2n) is 15.1. The zero-order valence-electron chi connectivity index (χ0n) is 34.6. The summed E-state index contributed by atoms with van der Waals surface area (Å²) in [6.07, 6.45) is -3.97. The highest BCUT2D eigenvalue weighted by Crippen LogP contribution is 2.42. The third-order valence-corrected chi connectivity index (χ3v) is 11.0. The van der Waals surface area contributed by atoms with Gasteiger partial charge < -0.3 is 33.2 Å². The SMILES string of the molecule is COC(=O)c1ccc(O[C@@H]2O[C@H](COC(c3ccccc3)(c3ccccc3)c3ccccc3)[C@@H](OCc3ccccc3)[C@H](OCc3ccccc3)[C@H]2OCc2ccccc2)cc1. The first-order chi connectivity index (χ1) is 30.6. The Kier molecular flexibility index (Phi) is 14.3. The minimum absolute atomic E-state index is 0.0654. The van der Waals surface area contributed by atoms with Crippen LogP contribution < -0.4 is 4.74 Å². The van der Waals surface area contributed by atoms with E-state index in [-0.39, 0.29) is 26.4 Å². The van der Waals surface area contributed by atoms with E-state index in [4.69, 9.17) is 33.2 Å². The van der Waals surface area contributed by atoms with Crippen LogP contribution >= 0.6 is 0 Å². The molecule has 0 amide bonds. The maximum atomic E-state index is 12.4. The third-order valence-electron chi connectivity index (χ3n) is 11.0. The summed E-state index contributed by atoms with van der Waals surface area (Å²) >= 11 is 0. The minimum atomic E-state index is -1.04. The molecule has 0 saturated carbocycles. The van der Waals surface area contributed by atoms with E-state index in [2.05, 4.69) is 36.4 Å². The standard InChI is InChI=1S/C54H50O8/c1-56-52(55)43-32-34-47(35-33-43)61-53-51(59-38-42-24-12-4-13-25-42)50(58-37-41-22-10-3-11-23-41)49(57-36-40-20-8-2-9-21-40)48(62-53)39-60-54(44-26-14-5-15-27-44,45-28-16-6-17-29-45)46-30-18-7-19-31-46/h2-35,48-51,53H,36-39H2,1H3/t48-,49-,50+,51-,53-/m1/s1. The van der Waals surface area contributed by atoms with Crippen molar-refractivity contribution in [3.63, 3.8) is 0 Å². The summed E-state index contributed by atoms with van der Waals surface area (Å²) in [6.45, 7) is 0.879. The number of esters is 1. The zero-order valence-corrected chi connectivity index (χ0v) is 34.6. The van der Waals surface area contributed by atoms with Crippen LogP contribution in [-0.2, 0) is 53.8 Å². The predicted molar refractivity (Wildman–Crippen MR) is 237 cm³/mol. The number of carbonyl (C=O) groups excluding carboxylic acids is 1. The van der Waals surface area contributed by atoms with Crippen molar-refractivity contribution >= 4 is 5.97 Å². The van der Waals surface area contributed by atoms with Gasteiger partial charge in [-0.25, -0.2) is 4.79 Å². The van der Waals surface area contributed by atoms with Gasteiger partial charge in [0, 0.05) is 0 Å². The molecule has 1 aliphatic heterocycles. The van der Waals surface area contributed by atoms with Gasteiger partial charge in [0.15, 0.2) is 0 Å². The summed E-state index contributed by atoms with van der Waals surface area (Å²) in [7, 11) is 1.35. The van der Waals surface area contributed by atoms with Crippen molar-refractivity contribution in [2.75, 3.05) is 13.7 Å². The van der Waals surface area contributed by atoms with Gasteiger partial charge in [-0.15, -0.1) is 0 Å². The van der Waals surface area contributed by atoms with Crippen molar-refractivity contribution in [1.82, 2.24) is 0 Å². The van der Waals surface area contributed by atoms with Crippen LogP contribution in [0.4, 0.5) is 0 Å². The molecule has 0 spiro atoms. The Balaban J connectivity index is 1.22. The van der Waals surface area contributed by atoms with E-state index in [0.717, 1.165) is 33.4 Å². The summed E-state index contributed by atoms with van der Waals surface area (Å²) in [4.78, 5) is 12.4. The third kappa shape index (κ3) is 10.2. The molecule has 62 heavy (non-hydrogen) atoms. The topological polar surface area (TPSA) is 81.7 Å². The number of benzene rings is 7. The molecule has 7 aromatic carbocycles. The molecular formula is C54H50O8. The van der Waals surface area contributed by atoms with E-state index < -0.39 is 42.3 Å². The number of ether oxygens (including phenoxy) is 7. The molecule has 7 aromatic rings. The number of hydrogen-bond acceptors (Lipinski definition) is 8. The van der Waals surface area contributed by atoms with Crippen molar-refractivity contribution in [3.8, 4) is 5.75 Å². The highest BCUT2D eigenvalue weighted by molar-refractivity contribution is 5.89. The van der Waals surface area contributed by atoms with Crippen LogP contribution in [0.2, 0.25) is 0 Å². The van der Waals surface area contributed by atoms with Crippen LogP contribution in [0.3, 0.4) is 0 Å². The molecule has 0 N–H and O–H groups in total. The maximum Gasteiger partial charge on any atom is 0.337 e. The molecule has 1 fully saturated rings. The molecule has 0 unspecified atom stereocenters. The summed E-state index contributed by atoms with van der Waals surface area (Å²) in [5, 5.41) is 0. The van der Waals surface area contributed by atoms with E-state index in [9.17, 15) is 4.79 Å². The quantitative estimate of drug-likeness (QED) is 0.0625. The summed E-state index contributed by atoms with van der Waals surface area (Å²) in [5.41, 5.74) is 5.16. The number of carbonyl (C=O) groups is 1. The Morgan fingerprint density at radius 2 is 0.871 bits per heavy atom. The van der Waals surface area contributed by atoms with Crippen LogP contribution in [0.25, 0.3) is 0 Å². The van der Waals surface area contributed by atoms with E-state index in [0.29, 0.717) is 11.3 Å². The molecule has 1 aliphatic rings. The second-order valence-corrected chi connectivity index (χ2v) is 15.1. The average molecular weight is 827 g/mol. The Bertz CT molecular complexity index is 2290. The summed E-state index contributed by atoms with van der Waals surface area (Å²) in [5.74, 6) is 0.0200. The van der Waals surface area contributed by atoms with Crippen LogP contribution in [-0.4, -0.2) is 50.4 Å². The first-order valence-corrected chi connectivity index (χ1v) is 20.9. The Hall–Kier alpha value is -6.39. The van der Waals surface area contributed by atoms with Gasteiger partial charge in [-0.2, -0.15) is 0 Å². The molecule has 0 aliphatic carbocycles. The molecule has 1 heterocycles. The lowest BCUT2D eigenvalue weighted by atomic mass is 9.80. The highest BCUT2D eigenvalue weighted by Gasteiger charge is 2.51. The van der Waals surface area contributed by atoms with Crippen molar-refractivity contribution in [2.24, 2.45) is 0 Å². The van der Waals surface area contributed by atoms with Crippen molar-refractivity contribution < 1.29 is 38.0 Å².